The molecule has 1 N–H and O–H groups in total. The molecule has 5 heteroatoms. The van der Waals surface area contributed by atoms with Crippen LogP contribution in [-0.4, -0.2) is 31.5 Å². The quantitative estimate of drug-likeness (QED) is 0.821. The number of amides is 1. The van der Waals surface area contributed by atoms with Gasteiger partial charge in [-0.05, 0) is 42.7 Å². The molecule has 0 saturated heterocycles. The van der Waals surface area contributed by atoms with E-state index in [4.69, 9.17) is 16.3 Å². The molecular formula is C14H20ClNO2S. The fraction of sp³-hybridized carbons (Fsp3) is 0.643. The molecule has 0 aliphatic heterocycles. The smallest absolute Gasteiger partial charge is 0.227 e. The number of carbonyl (C=O) groups excluding carboxylic acids is 1. The fourth-order valence-electron chi connectivity index (χ4n) is 2.59. The van der Waals surface area contributed by atoms with Gasteiger partial charge in [-0.3, -0.25) is 4.79 Å². The van der Waals surface area contributed by atoms with Gasteiger partial charge in [-0.25, -0.2) is 0 Å². The van der Waals surface area contributed by atoms with E-state index in [9.17, 15) is 4.79 Å². The molecule has 0 fully saturated rings. The van der Waals surface area contributed by atoms with Crippen molar-refractivity contribution in [2.45, 2.75) is 37.6 Å². The molecule has 0 saturated carbocycles. The second-order valence-corrected chi connectivity index (χ2v) is 6.26. The van der Waals surface area contributed by atoms with Crippen LogP contribution in [0.15, 0.2) is 11.4 Å². The lowest BCUT2D eigenvalue weighted by molar-refractivity contribution is -0.124. The maximum atomic E-state index is 12.4. The summed E-state index contributed by atoms with van der Waals surface area (Å²) in [7, 11) is 1.64. The summed E-state index contributed by atoms with van der Waals surface area (Å²) in [6.45, 7) is 0.516. The highest BCUT2D eigenvalue weighted by molar-refractivity contribution is 7.10. The fourth-order valence-corrected chi connectivity index (χ4v) is 3.84. The van der Waals surface area contributed by atoms with Crippen LogP contribution in [0.4, 0.5) is 0 Å². The second kappa shape index (κ2) is 7.27. The Morgan fingerprint density at radius 1 is 1.68 bits per heavy atom. The van der Waals surface area contributed by atoms with Crippen molar-refractivity contribution in [3.05, 3.63) is 21.9 Å². The lowest BCUT2D eigenvalue weighted by atomic mass is 9.87. The molecule has 1 aromatic heterocycles. The van der Waals surface area contributed by atoms with Crippen LogP contribution in [0.1, 0.15) is 35.6 Å². The Morgan fingerprint density at radius 3 is 3.26 bits per heavy atom. The molecule has 1 amide bonds. The summed E-state index contributed by atoms with van der Waals surface area (Å²) >= 11 is 7.52. The standard InChI is InChI=1S/C14H20ClNO2S/c1-18-9-10(5-7-15)16-14(17)12-3-2-4-13-11(12)6-8-19-13/h6,8,10,12H,2-5,7,9H2,1H3,(H,16,17). The van der Waals surface area contributed by atoms with Gasteiger partial charge in [-0.2, -0.15) is 0 Å². The Kier molecular flexibility index (Phi) is 5.67. The van der Waals surface area contributed by atoms with Crippen molar-refractivity contribution < 1.29 is 9.53 Å². The number of aryl methyl sites for hydroxylation is 1. The van der Waals surface area contributed by atoms with E-state index in [0.717, 1.165) is 25.7 Å². The first-order valence-electron chi connectivity index (χ1n) is 6.67. The number of rotatable bonds is 6. The second-order valence-electron chi connectivity index (χ2n) is 4.88. The summed E-state index contributed by atoms with van der Waals surface area (Å²) < 4.78 is 5.13. The van der Waals surface area contributed by atoms with Gasteiger partial charge in [0.1, 0.15) is 0 Å². The van der Waals surface area contributed by atoms with E-state index < -0.39 is 0 Å². The first-order valence-corrected chi connectivity index (χ1v) is 8.09. The number of carbonyl (C=O) groups is 1. The lowest BCUT2D eigenvalue weighted by Gasteiger charge is -2.25. The highest BCUT2D eigenvalue weighted by Crippen LogP contribution is 2.35. The average molecular weight is 302 g/mol. The van der Waals surface area contributed by atoms with Gasteiger partial charge in [0.15, 0.2) is 0 Å². The maximum Gasteiger partial charge on any atom is 0.227 e. The first-order chi connectivity index (χ1) is 9.26. The van der Waals surface area contributed by atoms with E-state index in [1.54, 1.807) is 18.4 Å². The highest BCUT2D eigenvalue weighted by atomic mass is 35.5. The Hall–Kier alpha value is -0.580. The van der Waals surface area contributed by atoms with Crippen molar-refractivity contribution in [3.63, 3.8) is 0 Å². The molecular weight excluding hydrogens is 282 g/mol. The molecule has 0 aromatic carbocycles. The number of hydrogen-bond donors (Lipinski definition) is 1. The van der Waals surface area contributed by atoms with Crippen LogP contribution in [0.5, 0.6) is 0 Å². The van der Waals surface area contributed by atoms with Gasteiger partial charge >= 0.3 is 0 Å². The molecule has 2 unspecified atom stereocenters. The number of alkyl halides is 1. The predicted molar refractivity (Wildman–Crippen MR) is 79.1 cm³/mol. The van der Waals surface area contributed by atoms with Gasteiger partial charge in [0.2, 0.25) is 5.91 Å². The molecule has 3 nitrogen and oxygen atoms in total. The van der Waals surface area contributed by atoms with Crippen molar-refractivity contribution >= 4 is 28.8 Å². The van der Waals surface area contributed by atoms with E-state index in [1.165, 1.54) is 10.4 Å². The van der Waals surface area contributed by atoms with E-state index in [1.807, 2.05) is 0 Å². The van der Waals surface area contributed by atoms with Gasteiger partial charge in [-0.15, -0.1) is 22.9 Å². The maximum absolute atomic E-state index is 12.4. The monoisotopic (exact) mass is 301 g/mol. The third kappa shape index (κ3) is 3.71. The van der Waals surface area contributed by atoms with Gasteiger partial charge in [0.05, 0.1) is 18.6 Å². The molecule has 0 bridgehead atoms. The van der Waals surface area contributed by atoms with Gasteiger partial charge in [0, 0.05) is 17.9 Å². The molecule has 1 aliphatic carbocycles. The van der Waals surface area contributed by atoms with Crippen molar-refractivity contribution in [3.8, 4) is 0 Å². The summed E-state index contributed by atoms with van der Waals surface area (Å²) in [6.07, 6.45) is 3.89. The minimum atomic E-state index is 0.00433. The Labute approximate surface area is 123 Å². The topological polar surface area (TPSA) is 38.3 Å². The zero-order valence-electron chi connectivity index (χ0n) is 11.2. The van der Waals surface area contributed by atoms with E-state index in [2.05, 4.69) is 16.8 Å². The van der Waals surface area contributed by atoms with Crippen molar-refractivity contribution in [1.82, 2.24) is 5.32 Å². The van der Waals surface area contributed by atoms with Crippen LogP contribution < -0.4 is 5.32 Å². The molecule has 0 radical (unpaired) electrons. The molecule has 106 valence electrons. The van der Waals surface area contributed by atoms with Gasteiger partial charge in [0.25, 0.3) is 0 Å². The third-order valence-electron chi connectivity index (χ3n) is 3.54. The van der Waals surface area contributed by atoms with E-state index in [-0.39, 0.29) is 17.9 Å². The summed E-state index contributed by atoms with van der Waals surface area (Å²) in [4.78, 5) is 13.8. The van der Waals surface area contributed by atoms with Crippen LogP contribution >= 0.6 is 22.9 Å². The minimum absolute atomic E-state index is 0.00433. The van der Waals surface area contributed by atoms with Crippen LogP contribution in [0.2, 0.25) is 0 Å². The Bertz CT molecular complexity index is 415. The van der Waals surface area contributed by atoms with Crippen LogP contribution in [0.25, 0.3) is 0 Å². The Morgan fingerprint density at radius 2 is 2.53 bits per heavy atom. The number of thiophene rings is 1. The van der Waals surface area contributed by atoms with Crippen LogP contribution in [-0.2, 0) is 16.0 Å². The summed E-state index contributed by atoms with van der Waals surface area (Å²) in [5.41, 5.74) is 1.22. The summed E-state index contributed by atoms with van der Waals surface area (Å²) in [5, 5.41) is 5.16. The third-order valence-corrected chi connectivity index (χ3v) is 4.75. The van der Waals surface area contributed by atoms with E-state index in [0.29, 0.717) is 12.5 Å². The SMILES string of the molecule is COCC(CCCl)NC(=O)C1CCCc2sccc21. The molecule has 1 aromatic rings. The van der Waals surface area contributed by atoms with Crippen molar-refractivity contribution in [2.24, 2.45) is 0 Å². The van der Waals surface area contributed by atoms with Gasteiger partial charge < -0.3 is 10.1 Å². The largest absolute Gasteiger partial charge is 0.383 e. The number of nitrogens with one attached hydrogen (secondary N) is 1. The number of ether oxygens (including phenoxy) is 1. The lowest BCUT2D eigenvalue weighted by Crippen LogP contribution is -2.41. The molecule has 19 heavy (non-hydrogen) atoms. The zero-order valence-corrected chi connectivity index (χ0v) is 12.7. The number of hydrogen-bond acceptors (Lipinski definition) is 3. The molecule has 2 atom stereocenters. The molecule has 2 rings (SSSR count). The van der Waals surface area contributed by atoms with E-state index >= 15 is 0 Å². The van der Waals surface area contributed by atoms with Crippen LogP contribution in [0.3, 0.4) is 0 Å². The first kappa shape index (κ1) is 14.8. The normalized spacial score (nSPS) is 19.8. The van der Waals surface area contributed by atoms with Gasteiger partial charge in [-0.1, -0.05) is 0 Å². The Balaban J connectivity index is 2.00. The molecule has 1 heterocycles. The molecule has 1 aliphatic rings. The van der Waals surface area contributed by atoms with Crippen molar-refractivity contribution in [2.75, 3.05) is 19.6 Å². The average Bonchev–Trinajstić information content (AvgIpc) is 2.87. The number of halogens is 1. The highest BCUT2D eigenvalue weighted by Gasteiger charge is 2.28. The minimum Gasteiger partial charge on any atom is -0.383 e. The summed E-state index contributed by atoms with van der Waals surface area (Å²) in [5.74, 6) is 0.652. The predicted octanol–water partition coefficient (Wildman–Crippen LogP) is 2.93. The number of fused-ring (bicyclic) bond motifs is 1. The van der Waals surface area contributed by atoms with Crippen LogP contribution in [0, 0.1) is 0 Å². The number of methoxy groups -OCH3 is 1. The van der Waals surface area contributed by atoms with Crippen molar-refractivity contribution in [1.29, 1.82) is 0 Å². The zero-order chi connectivity index (χ0) is 13.7. The summed E-state index contributed by atoms with van der Waals surface area (Å²) in [6, 6.07) is 2.11. The molecule has 0 spiro atoms.